The standard InChI is InChI=1S/C16H27N3/c1-17-11-8-16(18-2)9-12-19(13-10-16)14-15-6-4-3-5-7-15/h3-7,17-18H,8-14H2,1-2H3. The lowest BCUT2D eigenvalue weighted by Gasteiger charge is -2.42. The van der Waals surface area contributed by atoms with Crippen molar-refractivity contribution in [1.29, 1.82) is 0 Å². The van der Waals surface area contributed by atoms with Crippen molar-refractivity contribution >= 4 is 0 Å². The maximum absolute atomic E-state index is 3.57. The lowest BCUT2D eigenvalue weighted by molar-refractivity contribution is 0.128. The topological polar surface area (TPSA) is 27.3 Å². The van der Waals surface area contributed by atoms with Gasteiger partial charge in [-0.2, -0.15) is 0 Å². The predicted octanol–water partition coefficient (Wildman–Crippen LogP) is 1.85. The second-order valence-corrected chi connectivity index (χ2v) is 5.65. The molecule has 0 radical (unpaired) electrons. The molecule has 1 saturated heterocycles. The van der Waals surface area contributed by atoms with Gasteiger partial charge in [-0.25, -0.2) is 0 Å². The van der Waals surface area contributed by atoms with E-state index in [1.807, 2.05) is 7.05 Å². The monoisotopic (exact) mass is 261 g/mol. The Hall–Kier alpha value is -0.900. The lowest BCUT2D eigenvalue weighted by atomic mass is 9.84. The fraction of sp³-hybridized carbons (Fsp3) is 0.625. The van der Waals surface area contributed by atoms with Crippen LogP contribution >= 0.6 is 0 Å². The average Bonchev–Trinajstić information content (AvgIpc) is 2.48. The van der Waals surface area contributed by atoms with Crippen molar-refractivity contribution in [3.05, 3.63) is 35.9 Å². The molecule has 2 rings (SSSR count). The first kappa shape index (κ1) is 14.5. The van der Waals surface area contributed by atoms with Crippen LogP contribution in [0, 0.1) is 0 Å². The van der Waals surface area contributed by atoms with Gasteiger partial charge in [-0.1, -0.05) is 30.3 Å². The van der Waals surface area contributed by atoms with Crippen molar-refractivity contribution in [1.82, 2.24) is 15.5 Å². The van der Waals surface area contributed by atoms with Gasteiger partial charge in [-0.3, -0.25) is 4.90 Å². The van der Waals surface area contributed by atoms with Crippen molar-refractivity contribution < 1.29 is 0 Å². The molecule has 0 amide bonds. The minimum Gasteiger partial charge on any atom is -0.320 e. The zero-order valence-corrected chi connectivity index (χ0v) is 12.3. The first-order chi connectivity index (χ1) is 9.28. The summed E-state index contributed by atoms with van der Waals surface area (Å²) in [6.07, 6.45) is 3.72. The fourth-order valence-corrected chi connectivity index (χ4v) is 2.97. The molecule has 1 heterocycles. The molecule has 0 atom stereocenters. The van der Waals surface area contributed by atoms with Crippen molar-refractivity contribution in [2.45, 2.75) is 31.3 Å². The van der Waals surface area contributed by atoms with Crippen LogP contribution in [-0.2, 0) is 6.54 Å². The molecule has 0 unspecified atom stereocenters. The van der Waals surface area contributed by atoms with E-state index in [-0.39, 0.29) is 0 Å². The zero-order chi connectivity index (χ0) is 13.6. The van der Waals surface area contributed by atoms with Gasteiger partial charge in [0.05, 0.1) is 0 Å². The zero-order valence-electron chi connectivity index (χ0n) is 12.3. The third-order valence-electron chi connectivity index (χ3n) is 4.45. The van der Waals surface area contributed by atoms with Crippen molar-refractivity contribution in [3.8, 4) is 0 Å². The Kier molecular flexibility index (Phi) is 5.37. The summed E-state index contributed by atoms with van der Waals surface area (Å²) in [7, 11) is 4.15. The minimum atomic E-state index is 0.343. The van der Waals surface area contributed by atoms with Gasteiger partial charge in [-0.15, -0.1) is 0 Å². The van der Waals surface area contributed by atoms with Gasteiger partial charge in [0, 0.05) is 25.2 Å². The van der Waals surface area contributed by atoms with Crippen LogP contribution in [-0.4, -0.2) is 44.2 Å². The van der Waals surface area contributed by atoms with E-state index < -0.39 is 0 Å². The van der Waals surface area contributed by atoms with Gasteiger partial charge >= 0.3 is 0 Å². The smallest absolute Gasteiger partial charge is 0.0233 e. The van der Waals surface area contributed by atoms with Gasteiger partial charge in [0.15, 0.2) is 0 Å². The molecule has 106 valence electrons. The number of nitrogens with one attached hydrogen (secondary N) is 2. The van der Waals surface area contributed by atoms with Crippen LogP contribution in [0.25, 0.3) is 0 Å². The highest BCUT2D eigenvalue weighted by Gasteiger charge is 2.32. The Morgan fingerprint density at radius 3 is 2.37 bits per heavy atom. The van der Waals surface area contributed by atoms with Gasteiger partial charge in [0.2, 0.25) is 0 Å². The largest absolute Gasteiger partial charge is 0.320 e. The van der Waals surface area contributed by atoms with E-state index >= 15 is 0 Å². The van der Waals surface area contributed by atoms with E-state index in [4.69, 9.17) is 0 Å². The molecule has 1 aromatic rings. The quantitative estimate of drug-likeness (QED) is 0.818. The van der Waals surface area contributed by atoms with E-state index in [0.29, 0.717) is 5.54 Å². The first-order valence-corrected chi connectivity index (χ1v) is 7.38. The molecule has 0 aromatic heterocycles. The molecule has 0 saturated carbocycles. The van der Waals surface area contributed by atoms with E-state index in [9.17, 15) is 0 Å². The van der Waals surface area contributed by atoms with Gasteiger partial charge < -0.3 is 10.6 Å². The van der Waals surface area contributed by atoms with Gasteiger partial charge in [0.1, 0.15) is 0 Å². The predicted molar refractivity (Wildman–Crippen MR) is 81.3 cm³/mol. The molecule has 1 fully saturated rings. The normalized spacial score (nSPS) is 19.5. The Morgan fingerprint density at radius 1 is 1.11 bits per heavy atom. The van der Waals surface area contributed by atoms with E-state index in [1.54, 1.807) is 0 Å². The number of likely N-dealkylation sites (tertiary alicyclic amines) is 1. The number of nitrogens with zero attached hydrogens (tertiary/aromatic N) is 1. The second-order valence-electron chi connectivity index (χ2n) is 5.65. The molecule has 1 aliphatic rings. The summed E-state index contributed by atoms with van der Waals surface area (Å²) in [5, 5.41) is 6.84. The average molecular weight is 261 g/mol. The number of hydrogen-bond donors (Lipinski definition) is 2. The van der Waals surface area contributed by atoms with E-state index in [2.05, 4.69) is 52.9 Å². The minimum absolute atomic E-state index is 0.343. The van der Waals surface area contributed by atoms with Crippen LogP contribution in [0.2, 0.25) is 0 Å². The number of benzene rings is 1. The fourth-order valence-electron chi connectivity index (χ4n) is 2.97. The Balaban J connectivity index is 1.84. The van der Waals surface area contributed by atoms with Crippen LogP contribution < -0.4 is 10.6 Å². The number of piperidine rings is 1. The van der Waals surface area contributed by atoms with E-state index in [1.165, 1.54) is 37.9 Å². The third-order valence-corrected chi connectivity index (χ3v) is 4.45. The molecule has 1 aliphatic heterocycles. The molecule has 3 nitrogen and oxygen atoms in total. The highest BCUT2D eigenvalue weighted by molar-refractivity contribution is 5.14. The van der Waals surface area contributed by atoms with Crippen molar-refractivity contribution in [2.75, 3.05) is 33.7 Å². The summed E-state index contributed by atoms with van der Waals surface area (Å²) in [6, 6.07) is 10.8. The maximum Gasteiger partial charge on any atom is 0.0233 e. The molecule has 1 aromatic carbocycles. The molecule has 0 aliphatic carbocycles. The summed E-state index contributed by atoms with van der Waals surface area (Å²) in [4.78, 5) is 2.57. The molecule has 0 bridgehead atoms. The Bertz CT molecular complexity index is 356. The van der Waals surface area contributed by atoms with Crippen LogP contribution in [0.15, 0.2) is 30.3 Å². The molecular formula is C16H27N3. The van der Waals surface area contributed by atoms with Crippen molar-refractivity contribution in [2.24, 2.45) is 0 Å². The molecule has 19 heavy (non-hydrogen) atoms. The molecule has 3 heteroatoms. The van der Waals surface area contributed by atoms with Gasteiger partial charge in [0.25, 0.3) is 0 Å². The third kappa shape index (κ3) is 4.03. The van der Waals surface area contributed by atoms with Crippen molar-refractivity contribution in [3.63, 3.8) is 0 Å². The molecular weight excluding hydrogens is 234 g/mol. The van der Waals surface area contributed by atoms with Crippen LogP contribution in [0.1, 0.15) is 24.8 Å². The van der Waals surface area contributed by atoms with Crippen LogP contribution in [0.5, 0.6) is 0 Å². The first-order valence-electron chi connectivity index (χ1n) is 7.38. The summed E-state index contributed by atoms with van der Waals surface area (Å²) in [6.45, 7) is 4.57. The van der Waals surface area contributed by atoms with Crippen LogP contribution in [0.3, 0.4) is 0 Å². The Labute approximate surface area is 117 Å². The Morgan fingerprint density at radius 2 is 1.79 bits per heavy atom. The number of hydrogen-bond acceptors (Lipinski definition) is 3. The maximum atomic E-state index is 3.57. The SMILES string of the molecule is CNCCC1(NC)CCN(Cc2ccccc2)CC1. The highest BCUT2D eigenvalue weighted by atomic mass is 15.1. The summed E-state index contributed by atoms with van der Waals surface area (Å²) >= 11 is 0. The number of rotatable bonds is 6. The van der Waals surface area contributed by atoms with Gasteiger partial charge in [-0.05, 0) is 45.5 Å². The summed E-state index contributed by atoms with van der Waals surface area (Å²) < 4.78 is 0. The van der Waals surface area contributed by atoms with Crippen LogP contribution in [0.4, 0.5) is 0 Å². The summed E-state index contributed by atoms with van der Waals surface area (Å²) in [5.74, 6) is 0. The highest BCUT2D eigenvalue weighted by Crippen LogP contribution is 2.26. The second kappa shape index (κ2) is 7.04. The lowest BCUT2D eigenvalue weighted by Crippen LogP contribution is -2.52. The van der Waals surface area contributed by atoms with E-state index in [0.717, 1.165) is 13.1 Å². The molecule has 0 spiro atoms. The molecule has 2 N–H and O–H groups in total. The summed E-state index contributed by atoms with van der Waals surface area (Å²) in [5.41, 5.74) is 1.77.